The molecule has 0 aliphatic rings. The van der Waals surface area contributed by atoms with Gasteiger partial charge >= 0.3 is 0 Å². The molecule has 3 aromatic rings. The number of halogens is 1. The minimum atomic E-state index is 0.0992. The Kier molecular flexibility index (Phi) is 4.08. The molecule has 2 aromatic carbocycles. The minimum absolute atomic E-state index is 0.0992. The molecule has 3 rings (SSSR count). The van der Waals surface area contributed by atoms with Crippen molar-refractivity contribution in [1.29, 1.82) is 0 Å². The molecule has 0 amide bonds. The van der Waals surface area contributed by atoms with E-state index in [1.54, 1.807) is 0 Å². The summed E-state index contributed by atoms with van der Waals surface area (Å²) in [5.74, 6) is 0.968. The Hall–Kier alpha value is -1.33. The van der Waals surface area contributed by atoms with Gasteiger partial charge in [-0.15, -0.1) is 0 Å². The van der Waals surface area contributed by atoms with Crippen LogP contribution in [0.1, 0.15) is 24.3 Å². The fourth-order valence-corrected chi connectivity index (χ4v) is 2.98. The molecule has 0 radical (unpaired) electrons. The molecule has 2 nitrogen and oxygen atoms in total. The van der Waals surface area contributed by atoms with Crippen LogP contribution in [-0.2, 0) is 0 Å². The lowest BCUT2D eigenvalue weighted by atomic mass is 10.0. The number of benzene rings is 2. The lowest BCUT2D eigenvalue weighted by molar-refractivity contribution is 0.477. The van der Waals surface area contributed by atoms with Crippen LogP contribution >= 0.6 is 22.6 Å². The number of para-hydroxylation sites is 1. The summed E-state index contributed by atoms with van der Waals surface area (Å²) in [6, 6.07) is 18.9. The van der Waals surface area contributed by atoms with Crippen molar-refractivity contribution in [3.63, 3.8) is 0 Å². The number of furan rings is 1. The van der Waals surface area contributed by atoms with Crippen LogP contribution in [-0.4, -0.2) is 6.54 Å². The van der Waals surface area contributed by atoms with E-state index in [1.807, 2.05) is 18.2 Å². The molecule has 20 heavy (non-hydrogen) atoms. The zero-order chi connectivity index (χ0) is 13.9. The fraction of sp³-hybridized carbons (Fsp3) is 0.176. The van der Waals surface area contributed by atoms with Gasteiger partial charge in [0.25, 0.3) is 0 Å². The first-order valence-corrected chi connectivity index (χ1v) is 7.83. The topological polar surface area (TPSA) is 25.2 Å². The number of fused-ring (bicyclic) bond motifs is 1. The van der Waals surface area contributed by atoms with Gasteiger partial charge in [-0.3, -0.25) is 0 Å². The molecule has 0 fully saturated rings. The molecule has 1 unspecified atom stereocenters. The molecule has 1 N–H and O–H groups in total. The van der Waals surface area contributed by atoms with Crippen molar-refractivity contribution in [1.82, 2.24) is 5.32 Å². The highest BCUT2D eigenvalue weighted by atomic mass is 127. The predicted octanol–water partition coefficient (Wildman–Crippen LogP) is 4.74. The highest BCUT2D eigenvalue weighted by Gasteiger charge is 2.17. The second kappa shape index (κ2) is 5.97. The molecule has 102 valence electrons. The molecule has 3 heteroatoms. The van der Waals surface area contributed by atoms with E-state index in [9.17, 15) is 0 Å². The largest absolute Gasteiger partial charge is 0.459 e. The Morgan fingerprint density at radius 3 is 2.70 bits per heavy atom. The predicted molar refractivity (Wildman–Crippen MR) is 90.9 cm³/mol. The molecule has 1 heterocycles. The van der Waals surface area contributed by atoms with Gasteiger partial charge in [0.1, 0.15) is 11.3 Å². The zero-order valence-corrected chi connectivity index (χ0v) is 13.4. The summed E-state index contributed by atoms with van der Waals surface area (Å²) in [4.78, 5) is 0. The molecule has 0 bridgehead atoms. The van der Waals surface area contributed by atoms with E-state index >= 15 is 0 Å². The molecule has 0 aliphatic heterocycles. The molecule has 1 aromatic heterocycles. The summed E-state index contributed by atoms with van der Waals surface area (Å²) >= 11 is 2.34. The average molecular weight is 377 g/mol. The second-order valence-corrected chi connectivity index (χ2v) is 5.98. The van der Waals surface area contributed by atoms with Crippen LogP contribution in [0, 0.1) is 3.57 Å². The molecule has 0 saturated carbocycles. The van der Waals surface area contributed by atoms with Gasteiger partial charge in [0.05, 0.1) is 6.04 Å². The Balaban J connectivity index is 2.05. The monoisotopic (exact) mass is 377 g/mol. The van der Waals surface area contributed by atoms with E-state index in [2.05, 4.69) is 71.2 Å². The van der Waals surface area contributed by atoms with Gasteiger partial charge in [0.2, 0.25) is 0 Å². The molecular weight excluding hydrogens is 361 g/mol. The van der Waals surface area contributed by atoms with Crippen LogP contribution in [0.15, 0.2) is 59.0 Å². The van der Waals surface area contributed by atoms with E-state index in [0.29, 0.717) is 0 Å². The lowest BCUT2D eigenvalue weighted by Crippen LogP contribution is -2.21. The highest BCUT2D eigenvalue weighted by Crippen LogP contribution is 2.28. The normalized spacial score (nSPS) is 12.7. The maximum Gasteiger partial charge on any atom is 0.134 e. The number of rotatable bonds is 4. The van der Waals surface area contributed by atoms with Crippen molar-refractivity contribution >= 4 is 33.6 Å². The quantitative estimate of drug-likeness (QED) is 0.665. The maximum absolute atomic E-state index is 6.01. The number of hydrogen-bond acceptors (Lipinski definition) is 2. The standard InChI is InChI=1S/C17H16INO/c1-2-19-17(13-7-5-8-14(18)10-13)16-11-12-6-3-4-9-15(12)20-16/h3-11,17,19H,2H2,1H3. The van der Waals surface area contributed by atoms with Gasteiger partial charge in [0, 0.05) is 8.96 Å². The van der Waals surface area contributed by atoms with Crippen molar-refractivity contribution < 1.29 is 4.42 Å². The Morgan fingerprint density at radius 1 is 1.10 bits per heavy atom. The van der Waals surface area contributed by atoms with Gasteiger partial charge in [0.15, 0.2) is 0 Å². The van der Waals surface area contributed by atoms with Gasteiger partial charge < -0.3 is 9.73 Å². The summed E-state index contributed by atoms with van der Waals surface area (Å²) in [6.45, 7) is 3.01. The number of hydrogen-bond donors (Lipinski definition) is 1. The Morgan fingerprint density at radius 2 is 1.95 bits per heavy atom. The summed E-state index contributed by atoms with van der Waals surface area (Å²) in [6.07, 6.45) is 0. The second-order valence-electron chi connectivity index (χ2n) is 4.73. The van der Waals surface area contributed by atoms with Crippen molar-refractivity contribution in [3.05, 3.63) is 69.5 Å². The number of nitrogens with one attached hydrogen (secondary N) is 1. The van der Waals surface area contributed by atoms with Gasteiger partial charge in [-0.1, -0.05) is 37.3 Å². The van der Waals surface area contributed by atoms with Crippen molar-refractivity contribution in [2.45, 2.75) is 13.0 Å². The summed E-state index contributed by atoms with van der Waals surface area (Å²) < 4.78 is 7.25. The van der Waals surface area contributed by atoms with Crippen molar-refractivity contribution in [3.8, 4) is 0 Å². The molecule has 1 atom stereocenters. The Bertz CT molecular complexity index is 687. The summed E-state index contributed by atoms with van der Waals surface area (Å²) in [5, 5.41) is 4.66. The SMILES string of the molecule is CCNC(c1cccc(I)c1)c1cc2ccccc2o1. The van der Waals surface area contributed by atoms with Crippen molar-refractivity contribution in [2.75, 3.05) is 6.54 Å². The maximum atomic E-state index is 6.01. The van der Waals surface area contributed by atoms with Gasteiger partial charge in [-0.25, -0.2) is 0 Å². The zero-order valence-electron chi connectivity index (χ0n) is 11.3. The van der Waals surface area contributed by atoms with Crippen LogP contribution < -0.4 is 5.32 Å². The lowest BCUT2D eigenvalue weighted by Gasteiger charge is -2.16. The van der Waals surface area contributed by atoms with E-state index in [0.717, 1.165) is 23.3 Å². The molecular formula is C17H16INO. The molecule has 0 spiro atoms. The molecule has 0 saturated heterocycles. The van der Waals surface area contributed by atoms with Gasteiger partial charge in [-0.05, 0) is 59.0 Å². The highest BCUT2D eigenvalue weighted by molar-refractivity contribution is 14.1. The summed E-state index contributed by atoms with van der Waals surface area (Å²) in [5.41, 5.74) is 2.17. The van der Waals surface area contributed by atoms with Crippen LogP contribution in [0.4, 0.5) is 0 Å². The third kappa shape index (κ3) is 2.74. The average Bonchev–Trinajstić information content (AvgIpc) is 2.88. The smallest absolute Gasteiger partial charge is 0.134 e. The Labute approximate surface area is 132 Å². The van der Waals surface area contributed by atoms with E-state index < -0.39 is 0 Å². The van der Waals surface area contributed by atoms with Crippen molar-refractivity contribution in [2.24, 2.45) is 0 Å². The molecule has 0 aliphatic carbocycles. The van der Waals surface area contributed by atoms with Crippen LogP contribution in [0.2, 0.25) is 0 Å². The summed E-state index contributed by atoms with van der Waals surface area (Å²) in [7, 11) is 0. The van der Waals surface area contributed by atoms with Crippen LogP contribution in [0.5, 0.6) is 0 Å². The first-order chi connectivity index (χ1) is 9.78. The van der Waals surface area contributed by atoms with Crippen LogP contribution in [0.25, 0.3) is 11.0 Å². The van der Waals surface area contributed by atoms with E-state index in [-0.39, 0.29) is 6.04 Å². The third-order valence-electron chi connectivity index (χ3n) is 3.32. The van der Waals surface area contributed by atoms with Crippen LogP contribution in [0.3, 0.4) is 0 Å². The van der Waals surface area contributed by atoms with Gasteiger partial charge in [-0.2, -0.15) is 0 Å². The minimum Gasteiger partial charge on any atom is -0.459 e. The van der Waals surface area contributed by atoms with E-state index in [4.69, 9.17) is 4.42 Å². The third-order valence-corrected chi connectivity index (χ3v) is 3.99. The first kappa shape index (κ1) is 13.6. The fourth-order valence-electron chi connectivity index (χ4n) is 2.42. The first-order valence-electron chi connectivity index (χ1n) is 6.75. The van der Waals surface area contributed by atoms with E-state index in [1.165, 1.54) is 9.13 Å².